The summed E-state index contributed by atoms with van der Waals surface area (Å²) in [4.78, 5) is 0. The van der Waals surface area contributed by atoms with E-state index in [1.807, 2.05) is 0 Å². The molecule has 0 unspecified atom stereocenters. The summed E-state index contributed by atoms with van der Waals surface area (Å²) in [5.74, 6) is 0. The van der Waals surface area contributed by atoms with Crippen LogP contribution in [0.2, 0.25) is 0 Å². The Kier molecular flexibility index (Phi) is 10.7. The second-order valence-electron chi connectivity index (χ2n) is 6.53. The molecule has 0 amide bonds. The summed E-state index contributed by atoms with van der Waals surface area (Å²) in [5.41, 5.74) is 3.61. The van der Waals surface area contributed by atoms with Gasteiger partial charge in [-0.3, -0.25) is 0 Å². The number of unbranched alkanes of at least 4 members (excludes halogenated alkanes) is 8. The Hall–Kier alpha value is -1.09. The molecule has 0 spiro atoms. The maximum absolute atomic E-state index is 5.37. The fraction of sp³-hybridized carbons (Fsp3) is 0.650. The van der Waals surface area contributed by atoms with Gasteiger partial charge >= 0.3 is 0 Å². The summed E-state index contributed by atoms with van der Waals surface area (Å²) >= 11 is 5.37. The third-order valence-electron chi connectivity index (χ3n) is 4.20. The van der Waals surface area contributed by atoms with Crippen molar-refractivity contribution < 1.29 is 0 Å². The van der Waals surface area contributed by atoms with Crippen molar-refractivity contribution in [1.29, 1.82) is 0 Å². The highest BCUT2D eigenvalue weighted by Gasteiger charge is 2.01. The van der Waals surface area contributed by atoms with E-state index in [0.717, 1.165) is 17.3 Å². The molecule has 1 aromatic rings. The molecule has 0 aliphatic rings. The fourth-order valence-electron chi connectivity index (χ4n) is 2.76. The van der Waals surface area contributed by atoms with Crippen molar-refractivity contribution in [2.45, 2.75) is 78.6 Å². The van der Waals surface area contributed by atoms with E-state index in [-0.39, 0.29) is 0 Å². The van der Waals surface area contributed by atoms with Gasteiger partial charge < -0.3 is 10.6 Å². The summed E-state index contributed by atoms with van der Waals surface area (Å²) in [7, 11) is 0. The second-order valence-corrected chi connectivity index (χ2v) is 6.94. The Bertz CT molecular complexity index is 457. The standard InChI is InChI=1S/C20H34N2S/c1-4-5-6-7-8-9-10-11-12-15-21-20(23)22-19-14-13-17(2)16-18(19)3/h13-14,16H,4-12,15H2,1-3H3,(H2,21,22,23). The van der Waals surface area contributed by atoms with Crippen molar-refractivity contribution in [1.82, 2.24) is 5.32 Å². The number of aryl methyl sites for hydroxylation is 2. The largest absolute Gasteiger partial charge is 0.362 e. The highest BCUT2D eigenvalue weighted by Crippen LogP contribution is 2.15. The van der Waals surface area contributed by atoms with Crippen LogP contribution in [0.25, 0.3) is 0 Å². The summed E-state index contributed by atoms with van der Waals surface area (Å²) in [6.45, 7) is 7.45. The van der Waals surface area contributed by atoms with Gasteiger partial charge in [-0.2, -0.15) is 0 Å². The van der Waals surface area contributed by atoms with Crippen molar-refractivity contribution >= 4 is 23.0 Å². The van der Waals surface area contributed by atoms with Crippen LogP contribution in [-0.2, 0) is 0 Å². The lowest BCUT2D eigenvalue weighted by Gasteiger charge is -2.13. The Morgan fingerprint density at radius 1 is 0.913 bits per heavy atom. The molecule has 0 saturated carbocycles. The predicted octanol–water partition coefficient (Wildman–Crippen LogP) is 6.12. The predicted molar refractivity (Wildman–Crippen MR) is 107 cm³/mol. The molecule has 0 aromatic heterocycles. The van der Waals surface area contributed by atoms with Gasteiger partial charge in [-0.25, -0.2) is 0 Å². The molecule has 0 radical (unpaired) electrons. The smallest absolute Gasteiger partial charge is 0.170 e. The summed E-state index contributed by atoms with van der Waals surface area (Å²) in [5, 5.41) is 7.33. The maximum atomic E-state index is 5.37. The lowest BCUT2D eigenvalue weighted by Crippen LogP contribution is -2.29. The van der Waals surface area contributed by atoms with Gasteiger partial charge in [-0.1, -0.05) is 76.0 Å². The van der Waals surface area contributed by atoms with Gasteiger partial charge in [0.25, 0.3) is 0 Å². The lowest BCUT2D eigenvalue weighted by molar-refractivity contribution is 0.563. The molecule has 23 heavy (non-hydrogen) atoms. The van der Waals surface area contributed by atoms with Crippen LogP contribution in [0.3, 0.4) is 0 Å². The Labute approximate surface area is 148 Å². The minimum atomic E-state index is 0.733. The number of hydrogen-bond acceptors (Lipinski definition) is 1. The minimum absolute atomic E-state index is 0.733. The van der Waals surface area contributed by atoms with E-state index in [1.165, 1.54) is 68.9 Å². The SMILES string of the molecule is CCCCCCCCCCCNC(=S)Nc1ccc(C)cc1C. The Morgan fingerprint density at radius 2 is 1.52 bits per heavy atom. The molecule has 0 saturated heterocycles. The second kappa shape index (κ2) is 12.3. The van der Waals surface area contributed by atoms with Crippen LogP contribution in [-0.4, -0.2) is 11.7 Å². The summed E-state index contributed by atoms with van der Waals surface area (Å²) in [6, 6.07) is 6.38. The van der Waals surface area contributed by atoms with Gasteiger partial charge in [0.2, 0.25) is 0 Å². The number of hydrogen-bond donors (Lipinski definition) is 2. The molecule has 3 heteroatoms. The zero-order valence-corrected chi connectivity index (χ0v) is 16.0. The molecule has 2 N–H and O–H groups in total. The average molecular weight is 335 g/mol. The van der Waals surface area contributed by atoms with E-state index in [4.69, 9.17) is 12.2 Å². The summed E-state index contributed by atoms with van der Waals surface area (Å²) < 4.78 is 0. The normalized spacial score (nSPS) is 10.6. The number of rotatable bonds is 11. The molecule has 2 nitrogen and oxygen atoms in total. The first kappa shape index (κ1) is 20.0. The van der Waals surface area contributed by atoms with Crippen molar-refractivity contribution in [2.75, 3.05) is 11.9 Å². The highest BCUT2D eigenvalue weighted by atomic mass is 32.1. The number of thiocarbonyl (C=S) groups is 1. The van der Waals surface area contributed by atoms with Crippen LogP contribution in [0.4, 0.5) is 5.69 Å². The van der Waals surface area contributed by atoms with E-state index in [2.05, 4.69) is 49.6 Å². The van der Waals surface area contributed by atoms with Crippen LogP contribution in [0.15, 0.2) is 18.2 Å². The van der Waals surface area contributed by atoms with E-state index in [9.17, 15) is 0 Å². The third-order valence-corrected chi connectivity index (χ3v) is 4.44. The van der Waals surface area contributed by atoms with E-state index < -0.39 is 0 Å². The quantitative estimate of drug-likeness (QED) is 0.376. The molecular weight excluding hydrogens is 300 g/mol. The van der Waals surface area contributed by atoms with Gasteiger partial charge in [0.15, 0.2) is 5.11 Å². The molecule has 1 aromatic carbocycles. The van der Waals surface area contributed by atoms with Crippen molar-refractivity contribution in [3.8, 4) is 0 Å². The Morgan fingerprint density at radius 3 is 2.13 bits per heavy atom. The van der Waals surface area contributed by atoms with E-state index in [1.54, 1.807) is 0 Å². The highest BCUT2D eigenvalue weighted by molar-refractivity contribution is 7.80. The molecule has 1 rings (SSSR count). The number of nitrogens with one attached hydrogen (secondary N) is 2. The van der Waals surface area contributed by atoms with Gasteiger partial charge in [-0.15, -0.1) is 0 Å². The van der Waals surface area contributed by atoms with Crippen LogP contribution >= 0.6 is 12.2 Å². The first-order valence-corrected chi connectivity index (χ1v) is 9.66. The zero-order valence-electron chi connectivity index (χ0n) is 15.2. The molecule has 0 bridgehead atoms. The monoisotopic (exact) mass is 334 g/mol. The van der Waals surface area contributed by atoms with E-state index >= 15 is 0 Å². The van der Waals surface area contributed by atoms with Crippen molar-refractivity contribution in [2.24, 2.45) is 0 Å². The van der Waals surface area contributed by atoms with E-state index in [0.29, 0.717) is 0 Å². The fourth-order valence-corrected chi connectivity index (χ4v) is 2.97. The summed E-state index contributed by atoms with van der Waals surface area (Å²) in [6.07, 6.45) is 12.2. The van der Waals surface area contributed by atoms with Gasteiger partial charge in [0.05, 0.1) is 0 Å². The van der Waals surface area contributed by atoms with Crippen molar-refractivity contribution in [3.63, 3.8) is 0 Å². The van der Waals surface area contributed by atoms with Crippen LogP contribution < -0.4 is 10.6 Å². The third kappa shape index (κ3) is 9.60. The van der Waals surface area contributed by atoms with Crippen LogP contribution in [0.5, 0.6) is 0 Å². The first-order chi connectivity index (χ1) is 11.1. The number of anilines is 1. The molecule has 0 heterocycles. The van der Waals surface area contributed by atoms with Gasteiger partial charge in [0.1, 0.15) is 0 Å². The molecule has 0 atom stereocenters. The van der Waals surface area contributed by atoms with Crippen LogP contribution in [0, 0.1) is 13.8 Å². The number of benzene rings is 1. The molecule has 0 fully saturated rings. The Balaban J connectivity index is 2.02. The molecular formula is C20H34N2S. The maximum Gasteiger partial charge on any atom is 0.170 e. The molecule has 0 aliphatic carbocycles. The van der Waals surface area contributed by atoms with Gasteiger partial charge in [-0.05, 0) is 44.1 Å². The average Bonchev–Trinajstić information content (AvgIpc) is 2.52. The first-order valence-electron chi connectivity index (χ1n) is 9.25. The zero-order chi connectivity index (χ0) is 16.9. The minimum Gasteiger partial charge on any atom is -0.362 e. The van der Waals surface area contributed by atoms with Crippen molar-refractivity contribution in [3.05, 3.63) is 29.3 Å². The molecule has 130 valence electrons. The van der Waals surface area contributed by atoms with Gasteiger partial charge in [0, 0.05) is 12.2 Å². The molecule has 0 aliphatic heterocycles. The lowest BCUT2D eigenvalue weighted by atomic mass is 10.1. The topological polar surface area (TPSA) is 24.1 Å². The van der Waals surface area contributed by atoms with Crippen LogP contribution in [0.1, 0.15) is 75.8 Å².